The van der Waals surface area contributed by atoms with Crippen LogP contribution in [0.15, 0.2) is 4.99 Å². The van der Waals surface area contributed by atoms with E-state index in [1.165, 1.54) is 11.8 Å². The summed E-state index contributed by atoms with van der Waals surface area (Å²) in [6, 6.07) is -0.711. The molecule has 21 heavy (non-hydrogen) atoms. The number of hydrogen-bond acceptors (Lipinski definition) is 6. The molecule has 6 atom stereocenters. The molecular weight excluding hydrogens is 309 g/mol. The Hall–Kier alpha value is -0.510. The van der Waals surface area contributed by atoms with Crippen LogP contribution in [0.2, 0.25) is 0 Å². The highest BCUT2D eigenvalue weighted by atomic mass is 32.2. The first-order valence-corrected chi connectivity index (χ1v) is 7.74. The smallest absolute Gasteiger partial charge is 0.388 e. The number of thioether (sulfide) groups is 1. The van der Waals surface area contributed by atoms with Crippen LogP contribution in [0.5, 0.6) is 0 Å². The Morgan fingerprint density at radius 3 is 2.52 bits per heavy atom. The number of halogens is 3. The van der Waals surface area contributed by atoms with Crippen molar-refractivity contribution in [2.24, 2.45) is 10.9 Å². The van der Waals surface area contributed by atoms with Crippen molar-refractivity contribution in [2.75, 3.05) is 13.1 Å². The number of aliphatic hydroxyl groups is 2. The van der Waals surface area contributed by atoms with E-state index < -0.39 is 41.9 Å². The Balaban J connectivity index is 1.74. The molecule has 0 saturated carbocycles. The fourth-order valence-corrected chi connectivity index (χ4v) is 3.90. The molecule has 2 N–H and O–H groups in total. The average molecular weight is 326 g/mol. The number of nitrogens with zero attached hydrogens (tertiary/aromatic N) is 2. The fourth-order valence-electron chi connectivity index (χ4n) is 2.63. The third kappa shape index (κ3) is 2.64. The van der Waals surface area contributed by atoms with Gasteiger partial charge in [-0.3, -0.25) is 4.99 Å². The topological polar surface area (TPSA) is 65.3 Å². The first kappa shape index (κ1) is 15.4. The lowest BCUT2D eigenvalue weighted by molar-refractivity contribution is -0.244. The molecule has 9 heteroatoms. The van der Waals surface area contributed by atoms with Crippen LogP contribution in [0, 0.1) is 5.92 Å². The van der Waals surface area contributed by atoms with Gasteiger partial charge in [-0.1, -0.05) is 18.7 Å². The lowest BCUT2D eigenvalue weighted by Gasteiger charge is -2.41. The van der Waals surface area contributed by atoms with Crippen LogP contribution in [-0.4, -0.2) is 69.3 Å². The lowest BCUT2D eigenvalue weighted by Crippen LogP contribution is -2.58. The molecule has 6 unspecified atom stereocenters. The number of amidine groups is 1. The molecule has 0 aromatic rings. The van der Waals surface area contributed by atoms with Crippen LogP contribution in [0.1, 0.15) is 13.3 Å². The molecule has 0 aromatic carbocycles. The molecule has 5 nitrogen and oxygen atoms in total. The molecule has 3 heterocycles. The highest BCUT2D eigenvalue weighted by molar-refractivity contribution is 8.14. The van der Waals surface area contributed by atoms with E-state index >= 15 is 0 Å². The third-order valence-corrected chi connectivity index (χ3v) is 5.42. The summed E-state index contributed by atoms with van der Waals surface area (Å²) in [5, 5.41) is 20.7. The van der Waals surface area contributed by atoms with Crippen molar-refractivity contribution in [3.8, 4) is 0 Å². The summed E-state index contributed by atoms with van der Waals surface area (Å²) >= 11 is 1.23. The highest BCUT2D eigenvalue weighted by Crippen LogP contribution is 2.42. The second kappa shape index (κ2) is 5.29. The minimum atomic E-state index is -4.48. The van der Waals surface area contributed by atoms with Crippen molar-refractivity contribution in [3.05, 3.63) is 0 Å². The van der Waals surface area contributed by atoms with Crippen LogP contribution >= 0.6 is 11.8 Å². The van der Waals surface area contributed by atoms with Crippen molar-refractivity contribution in [1.82, 2.24) is 4.90 Å². The summed E-state index contributed by atoms with van der Waals surface area (Å²) < 4.78 is 43.9. The summed E-state index contributed by atoms with van der Waals surface area (Å²) in [5.74, 6) is -1.85. The van der Waals surface area contributed by atoms with Gasteiger partial charge in [-0.25, -0.2) is 0 Å². The molecule has 3 aliphatic heterocycles. The number of hydrogen-bond donors (Lipinski definition) is 2. The van der Waals surface area contributed by atoms with Gasteiger partial charge >= 0.3 is 6.18 Å². The van der Waals surface area contributed by atoms with Crippen molar-refractivity contribution in [2.45, 2.75) is 49.3 Å². The number of alkyl halides is 3. The van der Waals surface area contributed by atoms with Crippen LogP contribution in [-0.2, 0) is 4.74 Å². The maximum absolute atomic E-state index is 12.8. The molecule has 0 aliphatic carbocycles. The van der Waals surface area contributed by atoms with E-state index in [9.17, 15) is 23.4 Å². The van der Waals surface area contributed by atoms with Crippen molar-refractivity contribution in [1.29, 1.82) is 0 Å². The van der Waals surface area contributed by atoms with E-state index in [0.717, 1.165) is 26.4 Å². The maximum Gasteiger partial charge on any atom is 0.394 e. The van der Waals surface area contributed by atoms with Crippen LogP contribution in [0.4, 0.5) is 13.2 Å². The summed E-state index contributed by atoms with van der Waals surface area (Å²) in [4.78, 5) is 6.30. The fraction of sp³-hybridized carbons (Fsp3) is 0.917. The van der Waals surface area contributed by atoms with Gasteiger partial charge in [0.2, 0.25) is 0 Å². The Bertz CT molecular complexity index is 444. The largest absolute Gasteiger partial charge is 0.394 e. The average Bonchev–Trinajstić information content (AvgIpc) is 2.73. The summed E-state index contributed by atoms with van der Waals surface area (Å²) in [6.45, 7) is 2.66. The zero-order valence-corrected chi connectivity index (χ0v) is 12.1. The predicted octanol–water partition coefficient (Wildman–Crippen LogP) is 0.809. The number of aliphatic hydroxyl groups excluding tert-OH is 2. The monoisotopic (exact) mass is 326 g/mol. The molecule has 0 spiro atoms. The number of ether oxygens (including phenoxy) is 1. The van der Waals surface area contributed by atoms with Gasteiger partial charge in [0.05, 0.1) is 12.0 Å². The van der Waals surface area contributed by atoms with Gasteiger partial charge in [0.15, 0.2) is 5.17 Å². The summed E-state index contributed by atoms with van der Waals surface area (Å²) in [7, 11) is 0. The summed E-state index contributed by atoms with van der Waals surface area (Å²) in [5.41, 5.74) is -0.672. The molecule has 120 valence electrons. The SMILES string of the molecule is CC(C1OC2SC(N3CCC3)=NC2C(O)C1O)C(F)(F)F. The Morgan fingerprint density at radius 1 is 1.33 bits per heavy atom. The molecule has 3 rings (SSSR count). The van der Waals surface area contributed by atoms with Crippen LogP contribution < -0.4 is 0 Å². The van der Waals surface area contributed by atoms with E-state index in [2.05, 4.69) is 4.99 Å². The number of aliphatic imine (C=N–C) groups is 1. The Morgan fingerprint density at radius 2 is 2.00 bits per heavy atom. The minimum absolute atomic E-state index is 0.672. The van der Waals surface area contributed by atoms with E-state index in [-0.39, 0.29) is 0 Å². The van der Waals surface area contributed by atoms with Gasteiger partial charge in [-0.15, -0.1) is 0 Å². The quantitative estimate of drug-likeness (QED) is 0.746. The minimum Gasteiger partial charge on any atom is -0.388 e. The molecule has 0 radical (unpaired) electrons. The van der Waals surface area contributed by atoms with Crippen molar-refractivity contribution >= 4 is 16.9 Å². The highest BCUT2D eigenvalue weighted by Gasteiger charge is 2.55. The second-order valence-corrected chi connectivity index (χ2v) is 6.71. The zero-order valence-electron chi connectivity index (χ0n) is 11.3. The molecule has 0 aromatic heterocycles. The van der Waals surface area contributed by atoms with Gasteiger partial charge in [0, 0.05) is 13.1 Å². The number of rotatable bonds is 1. The van der Waals surface area contributed by atoms with E-state index in [1.54, 1.807) is 0 Å². The Kier molecular flexibility index (Phi) is 3.88. The number of likely N-dealkylation sites (tertiary alicyclic amines) is 1. The molecule has 0 bridgehead atoms. The number of fused-ring (bicyclic) bond motifs is 1. The van der Waals surface area contributed by atoms with E-state index in [0.29, 0.717) is 5.17 Å². The third-order valence-electron chi connectivity index (χ3n) is 4.22. The molecular formula is C12H17F3N2O3S. The van der Waals surface area contributed by atoms with Crippen LogP contribution in [0.3, 0.4) is 0 Å². The molecule has 0 amide bonds. The lowest BCUT2D eigenvalue weighted by atomic mass is 9.90. The molecule has 2 saturated heterocycles. The summed E-state index contributed by atoms with van der Waals surface area (Å²) in [6.07, 6.45) is -7.84. The first-order chi connectivity index (χ1) is 9.79. The van der Waals surface area contributed by atoms with Gasteiger partial charge in [0.25, 0.3) is 0 Å². The second-order valence-electron chi connectivity index (χ2n) is 5.64. The van der Waals surface area contributed by atoms with Gasteiger partial charge < -0.3 is 19.8 Å². The van der Waals surface area contributed by atoms with Gasteiger partial charge in [0.1, 0.15) is 23.7 Å². The predicted molar refractivity (Wildman–Crippen MR) is 70.9 cm³/mol. The first-order valence-electron chi connectivity index (χ1n) is 6.87. The van der Waals surface area contributed by atoms with Gasteiger partial charge in [-0.05, 0) is 6.42 Å². The van der Waals surface area contributed by atoms with E-state index in [4.69, 9.17) is 4.74 Å². The van der Waals surface area contributed by atoms with Crippen LogP contribution in [0.25, 0.3) is 0 Å². The Labute approximate surface area is 124 Å². The zero-order chi connectivity index (χ0) is 15.4. The van der Waals surface area contributed by atoms with Crippen molar-refractivity contribution < 1.29 is 28.1 Å². The van der Waals surface area contributed by atoms with Crippen molar-refractivity contribution in [3.63, 3.8) is 0 Å². The molecule has 2 fully saturated rings. The molecule has 3 aliphatic rings. The normalized spacial score (nSPS) is 41.3. The van der Waals surface area contributed by atoms with Gasteiger partial charge in [-0.2, -0.15) is 13.2 Å². The standard InChI is InChI=1S/C12H17F3N2O3S/c1-5(12(13,14)15)9-8(19)7(18)6-10(20-9)21-11(16-6)17-3-2-4-17/h5-10,18-19H,2-4H2,1H3. The maximum atomic E-state index is 12.8. The van der Waals surface area contributed by atoms with E-state index in [1.807, 2.05) is 4.90 Å².